The highest BCUT2D eigenvalue weighted by Gasteiger charge is 2.27. The Labute approximate surface area is 854 Å². The van der Waals surface area contributed by atoms with Crippen molar-refractivity contribution < 1.29 is 4.70 Å². The summed E-state index contributed by atoms with van der Waals surface area (Å²) in [5.41, 5.74) is 21.2. The molecule has 0 fully saturated rings. The van der Waals surface area contributed by atoms with Crippen LogP contribution in [0.2, 0.25) is 10.0 Å². The summed E-state index contributed by atoms with van der Waals surface area (Å²) in [6, 6.07) is 153. The van der Waals surface area contributed by atoms with E-state index in [1.165, 1.54) is 132 Å². The van der Waals surface area contributed by atoms with E-state index in [1.54, 1.807) is 0 Å². The van der Waals surface area contributed by atoms with Gasteiger partial charge in [-0.1, -0.05) is 363 Å². The molecule has 10 heterocycles. The van der Waals surface area contributed by atoms with Gasteiger partial charge in [0, 0.05) is 164 Å². The molecule has 20 heteroatoms. The number of benzene rings is 19. The van der Waals surface area contributed by atoms with Crippen molar-refractivity contribution in [2.45, 2.75) is 6.42 Å². The van der Waals surface area contributed by atoms with Gasteiger partial charge in [-0.05, 0) is 148 Å². The molecular formula is C124H77BrCl2FN13S3. The van der Waals surface area contributed by atoms with E-state index in [9.17, 15) is 0 Å². The third-order valence-corrected chi connectivity index (χ3v) is 30.8. The maximum absolute atomic E-state index is 6.59. The van der Waals surface area contributed by atoms with Crippen molar-refractivity contribution in [3.8, 4) is 97.0 Å². The first-order valence-corrected chi connectivity index (χ1v) is 51.0. The zero-order valence-electron chi connectivity index (χ0n) is 76.5. The number of thiophene rings is 3. The van der Waals surface area contributed by atoms with E-state index in [0.29, 0.717) is 56.6 Å². The number of aromatic nitrogens is 13. The van der Waals surface area contributed by atoms with Gasteiger partial charge >= 0.3 is 0 Å². The molecule has 0 radical (unpaired) electrons. The Morgan fingerprint density at radius 2 is 0.556 bits per heavy atom. The highest BCUT2D eigenvalue weighted by molar-refractivity contribution is 9.10. The molecule has 13 nitrogen and oxygen atoms in total. The molecule has 684 valence electrons. The topological polar surface area (TPSA) is 147 Å². The van der Waals surface area contributed by atoms with Crippen LogP contribution >= 0.6 is 73.1 Å². The second-order valence-corrected chi connectivity index (χ2v) is 39.9. The summed E-state index contributed by atoms with van der Waals surface area (Å²) in [5.74, 6) is 5.00. The molecule has 19 aromatic carbocycles. The van der Waals surface area contributed by atoms with Crippen LogP contribution in [0, 0.1) is 0 Å². The predicted octanol–water partition coefficient (Wildman–Crippen LogP) is 34.8. The second-order valence-electron chi connectivity index (χ2n) is 35.0. The van der Waals surface area contributed by atoms with Crippen LogP contribution in [0.3, 0.4) is 0 Å². The molecule has 0 unspecified atom stereocenters. The second kappa shape index (κ2) is 37.6. The Kier molecular flexibility index (Phi) is 23.1. The van der Waals surface area contributed by atoms with Gasteiger partial charge in [0.15, 0.2) is 34.9 Å². The van der Waals surface area contributed by atoms with Crippen molar-refractivity contribution in [2.75, 3.05) is 0 Å². The van der Waals surface area contributed by atoms with E-state index in [2.05, 4.69) is 310 Å². The van der Waals surface area contributed by atoms with Crippen LogP contribution in [0.4, 0.5) is 4.70 Å². The fourth-order valence-electron chi connectivity index (χ4n) is 20.2. The Hall–Kier alpha value is -16.9. The quantitative estimate of drug-likeness (QED) is 0.149. The maximum atomic E-state index is 6.59. The summed E-state index contributed by atoms with van der Waals surface area (Å²) in [7, 11) is 0. The third kappa shape index (κ3) is 16.1. The Bertz CT molecular complexity index is 9770. The molecule has 0 amide bonds. The number of hydrogen-bond acceptors (Lipinski definition) is 12. The molecule has 0 aliphatic heterocycles. The molecule has 10 aromatic heterocycles. The molecule has 0 saturated heterocycles. The van der Waals surface area contributed by atoms with Gasteiger partial charge in [0.1, 0.15) is 0 Å². The van der Waals surface area contributed by atoms with Crippen molar-refractivity contribution in [1.82, 2.24) is 63.5 Å². The maximum Gasteiger partial charge on any atom is 0.238 e. The normalized spacial score (nSPS) is 11.6. The largest absolute Gasteiger partial charge is 0.354 e. The fourth-order valence-corrected chi connectivity index (χ4v) is 24.2. The van der Waals surface area contributed by atoms with Crippen molar-refractivity contribution in [3.63, 3.8) is 0 Å². The lowest BCUT2D eigenvalue weighted by molar-refractivity contribution is 0.953. The molecule has 0 spiro atoms. The average Bonchev–Trinajstić information content (AvgIpc) is 1.55. The molecule has 1 aliphatic rings. The number of H-pyrrole nitrogens is 1. The zero-order chi connectivity index (χ0) is 95.1. The molecule has 1 aliphatic carbocycles. The van der Waals surface area contributed by atoms with E-state index in [-0.39, 0.29) is 4.70 Å². The number of aromatic amines is 1. The molecule has 0 bridgehead atoms. The number of nitrogens with zero attached hydrogens (tertiary/aromatic N) is 12. The van der Waals surface area contributed by atoms with Crippen LogP contribution < -0.4 is 0 Å². The molecular weight excluding hydrogens is 1940 g/mol. The van der Waals surface area contributed by atoms with E-state index in [1.807, 2.05) is 216 Å². The van der Waals surface area contributed by atoms with Gasteiger partial charge in [-0.2, -0.15) is 19.9 Å². The number of fused-ring (bicyclic) bond motifs is 27. The van der Waals surface area contributed by atoms with Crippen LogP contribution in [0.15, 0.2) is 448 Å². The first-order chi connectivity index (χ1) is 70.6. The minimum Gasteiger partial charge on any atom is -0.354 e. The molecule has 144 heavy (non-hydrogen) atoms. The molecule has 29 aromatic rings. The van der Waals surface area contributed by atoms with E-state index in [4.69, 9.17) is 53.1 Å². The first kappa shape index (κ1) is 88.5. The van der Waals surface area contributed by atoms with Gasteiger partial charge in [-0.3, -0.25) is 13.8 Å². The van der Waals surface area contributed by atoms with Gasteiger partial charge in [0.05, 0.1) is 33.1 Å². The number of rotatable bonds is 9. The number of hydrogen-bond donors (Lipinski definition) is 1. The van der Waals surface area contributed by atoms with Crippen molar-refractivity contribution in [1.29, 1.82) is 0 Å². The average molecular weight is 2020 g/mol. The van der Waals surface area contributed by atoms with E-state index >= 15 is 0 Å². The molecule has 30 rings (SSSR count). The molecule has 1 N–H and O–H groups in total. The third-order valence-electron chi connectivity index (χ3n) is 26.5. The first-order valence-electron chi connectivity index (χ1n) is 47.0. The monoisotopic (exact) mass is 2010 g/mol. The fraction of sp³-hybridized carbons (Fsp3) is 0.00806. The lowest BCUT2D eigenvalue weighted by Crippen LogP contribution is -2.06. The van der Waals surface area contributed by atoms with E-state index < -0.39 is 0 Å². The van der Waals surface area contributed by atoms with Crippen LogP contribution in [0.25, 0.3) is 245 Å². The van der Waals surface area contributed by atoms with Crippen molar-refractivity contribution in [3.05, 3.63) is 469 Å². The van der Waals surface area contributed by atoms with Crippen molar-refractivity contribution >= 4 is 221 Å². The highest BCUT2D eigenvalue weighted by atomic mass is 79.9. The number of para-hydroxylation sites is 2. The minimum absolute atomic E-state index is 0. The SMILES string of the molecule is Brc1nc(-c2ccccc2)nc(-c2ccccc2)n1.Clc1ccc2c(c1)[nH]c1ccc3sc4ccccc4c3c12.Clc1ccc2c3c4c(ccc3n(-c3nc(-c5ccccc5)nc(-c5ccccc5)n3)c2c1)sc1ccccc14.F.c1ccc(-c2nc(-c3ccccc3)nc(-n3c4cc(-n5c6ccccc6c6ccccc65)ccc4c4c5c(ccc43)sc3ccccc35)n2)cc1.c1ccc2c(c1)Cc1ccccc1-2. The Morgan fingerprint density at radius 3 is 0.972 bits per heavy atom. The van der Waals surface area contributed by atoms with E-state index in [0.717, 1.165) is 88.9 Å². The number of nitrogens with one attached hydrogen (secondary N) is 1. The van der Waals surface area contributed by atoms with Crippen molar-refractivity contribution in [2.24, 2.45) is 0 Å². The van der Waals surface area contributed by atoms with Gasteiger partial charge < -0.3 is 9.55 Å². The molecule has 0 saturated carbocycles. The van der Waals surface area contributed by atoms with Crippen LogP contribution in [-0.4, -0.2) is 63.5 Å². The van der Waals surface area contributed by atoms with Gasteiger partial charge in [0.2, 0.25) is 16.6 Å². The number of halogens is 4. The predicted molar refractivity (Wildman–Crippen MR) is 604 cm³/mol. The standard InChI is InChI=1S/C45H27N5S.C33H19ClN4S.C18H10ClNS.C15H10BrN3.C13H10.FH/c1-3-13-28(14-4-1)43-46-44(29-15-5-2-6-16-29)48-45(47-43)50-37-25-26-40-42(34-19-9-12-22-39(34)51-40)41(37)33-24-23-30(27-38(33)50)49-35-20-10-7-17-31(35)32-18-8-11-21-36(32)49;34-22-15-16-23-26(19-22)38(25-17-18-28-30(29(23)25)24-13-7-8-14-27(24)39-28)33-36-31(20-9-3-1-4-10-20)35-32(37-33)21-11-5-2-6-12-21;19-10-5-6-11-14(9-10)20-13-7-8-16-18(17(11)13)12-3-1-2-4-15(12)21-16;16-15-18-13(11-7-3-1-4-8-11)17-14(19-15)12-9-5-2-6-10-12;1-3-7-12-10(5-1)9-11-6-2-4-8-13(11)12;/h1-27H;1-19H;1-9,20H;1-10H;1-8H,9H2;1H. The summed E-state index contributed by atoms with van der Waals surface area (Å²) < 4.78 is 15.0. The zero-order valence-corrected chi connectivity index (χ0v) is 82.0. The van der Waals surface area contributed by atoms with Crippen LogP contribution in [0.1, 0.15) is 11.1 Å². The summed E-state index contributed by atoms with van der Waals surface area (Å²) in [6.45, 7) is 0. The van der Waals surface area contributed by atoms with Gasteiger partial charge in [-0.25, -0.2) is 24.9 Å². The van der Waals surface area contributed by atoms with Gasteiger partial charge in [0.25, 0.3) is 0 Å². The summed E-state index contributed by atoms with van der Waals surface area (Å²) in [4.78, 5) is 47.1. The van der Waals surface area contributed by atoms with Crippen LogP contribution in [0.5, 0.6) is 0 Å². The smallest absolute Gasteiger partial charge is 0.238 e. The summed E-state index contributed by atoms with van der Waals surface area (Å²) in [5, 5.41) is 18.8. The lowest BCUT2D eigenvalue weighted by atomic mass is 10.1. The molecule has 0 atom stereocenters. The van der Waals surface area contributed by atoms with Crippen LogP contribution in [-0.2, 0) is 6.42 Å². The highest BCUT2D eigenvalue weighted by Crippen LogP contribution is 2.49. The minimum atomic E-state index is 0. The Morgan fingerprint density at radius 1 is 0.229 bits per heavy atom. The van der Waals surface area contributed by atoms with Gasteiger partial charge in [-0.15, -0.1) is 34.0 Å². The summed E-state index contributed by atoms with van der Waals surface area (Å²) >= 11 is 21.6. The lowest BCUT2D eigenvalue weighted by Gasteiger charge is -2.12. The Balaban J connectivity index is 0.000000102. The summed E-state index contributed by atoms with van der Waals surface area (Å²) in [6.07, 6.45) is 1.10.